The van der Waals surface area contributed by atoms with Gasteiger partial charge in [-0.05, 0) is 13.8 Å². The average molecular weight is 220 g/mol. The zero-order valence-electron chi connectivity index (χ0n) is 8.58. The van der Waals surface area contributed by atoms with Crippen molar-refractivity contribution in [3.05, 3.63) is 0 Å². The third kappa shape index (κ3) is 4.24. The van der Waals surface area contributed by atoms with Gasteiger partial charge in [0.1, 0.15) is 18.2 Å². The second kappa shape index (κ2) is 5.64. The fraction of sp³-hybridized carbons (Fsp3) is 0.750. The Morgan fingerprint density at radius 2 is 1.67 bits per heavy atom. The topological polar surface area (TPSA) is 136 Å². The molecule has 0 saturated heterocycles. The number of esters is 1. The van der Waals surface area contributed by atoms with Crippen LogP contribution in [-0.2, 0) is 14.3 Å². The fourth-order valence-corrected chi connectivity index (χ4v) is 0.733. The third-order valence-electron chi connectivity index (χ3n) is 1.88. The minimum Gasteiger partial charge on any atom is -0.480 e. The maximum Gasteiger partial charge on any atom is 0.325 e. The molecular formula is C8H16N2O5. The molecule has 0 aliphatic carbocycles. The first-order valence-electron chi connectivity index (χ1n) is 4.40. The standard InChI is InChI=1S/C8H16N2O5/c1-3(11)5(9)8(14)15-4(2)6(10)7(12)13/h3-6,11H,9-10H2,1-2H3,(H,12,13)/t3-,4+,5+,6+/m1/s1. The summed E-state index contributed by atoms with van der Waals surface area (Å²) in [7, 11) is 0. The van der Waals surface area contributed by atoms with Gasteiger partial charge >= 0.3 is 11.9 Å². The molecule has 6 N–H and O–H groups in total. The van der Waals surface area contributed by atoms with E-state index in [0.717, 1.165) is 0 Å². The van der Waals surface area contributed by atoms with Crippen LogP contribution < -0.4 is 11.5 Å². The number of carbonyl (C=O) groups excluding carboxylic acids is 1. The lowest BCUT2D eigenvalue weighted by Gasteiger charge is -2.20. The van der Waals surface area contributed by atoms with Gasteiger partial charge < -0.3 is 26.4 Å². The van der Waals surface area contributed by atoms with Crippen molar-refractivity contribution >= 4 is 11.9 Å². The molecule has 15 heavy (non-hydrogen) atoms. The molecule has 0 bridgehead atoms. The van der Waals surface area contributed by atoms with Crippen molar-refractivity contribution < 1.29 is 24.5 Å². The molecule has 0 heterocycles. The van der Waals surface area contributed by atoms with Crippen molar-refractivity contribution in [2.75, 3.05) is 0 Å². The summed E-state index contributed by atoms with van der Waals surface area (Å²) in [5.41, 5.74) is 10.5. The monoisotopic (exact) mass is 220 g/mol. The summed E-state index contributed by atoms with van der Waals surface area (Å²) < 4.78 is 4.67. The van der Waals surface area contributed by atoms with Crippen molar-refractivity contribution in [1.29, 1.82) is 0 Å². The molecule has 0 spiro atoms. The van der Waals surface area contributed by atoms with Crippen LogP contribution in [0.5, 0.6) is 0 Å². The van der Waals surface area contributed by atoms with E-state index in [2.05, 4.69) is 4.74 Å². The Labute approximate surface area is 87.0 Å². The van der Waals surface area contributed by atoms with Gasteiger partial charge in [-0.15, -0.1) is 0 Å². The zero-order valence-corrected chi connectivity index (χ0v) is 8.58. The number of carboxylic acids is 1. The molecule has 4 atom stereocenters. The van der Waals surface area contributed by atoms with Crippen LogP contribution in [0.2, 0.25) is 0 Å². The molecule has 0 fully saturated rings. The fourth-order valence-electron chi connectivity index (χ4n) is 0.733. The number of aliphatic carboxylic acids is 1. The summed E-state index contributed by atoms with van der Waals surface area (Å²) in [6.45, 7) is 2.67. The highest BCUT2D eigenvalue weighted by Crippen LogP contribution is 2.01. The van der Waals surface area contributed by atoms with E-state index in [4.69, 9.17) is 21.7 Å². The largest absolute Gasteiger partial charge is 0.480 e. The van der Waals surface area contributed by atoms with Crippen molar-refractivity contribution in [2.24, 2.45) is 11.5 Å². The number of carbonyl (C=O) groups is 2. The van der Waals surface area contributed by atoms with E-state index in [0.29, 0.717) is 0 Å². The van der Waals surface area contributed by atoms with Gasteiger partial charge in [-0.25, -0.2) is 0 Å². The Kier molecular flexibility index (Phi) is 5.20. The average Bonchev–Trinajstić information content (AvgIpc) is 2.14. The number of hydrogen-bond acceptors (Lipinski definition) is 6. The second-order valence-electron chi connectivity index (χ2n) is 3.27. The van der Waals surface area contributed by atoms with Crippen LogP contribution in [0.25, 0.3) is 0 Å². The lowest BCUT2D eigenvalue weighted by atomic mass is 10.2. The smallest absolute Gasteiger partial charge is 0.325 e. The van der Waals surface area contributed by atoms with Gasteiger partial charge in [0.2, 0.25) is 0 Å². The number of aliphatic hydroxyl groups is 1. The van der Waals surface area contributed by atoms with Crippen LogP contribution in [0.1, 0.15) is 13.8 Å². The number of rotatable bonds is 5. The molecule has 0 radical (unpaired) electrons. The minimum absolute atomic E-state index is 0.880. The quantitative estimate of drug-likeness (QED) is 0.395. The zero-order chi connectivity index (χ0) is 12.2. The van der Waals surface area contributed by atoms with E-state index in [1.54, 1.807) is 0 Å². The van der Waals surface area contributed by atoms with Gasteiger partial charge in [-0.2, -0.15) is 0 Å². The number of hydrogen-bond donors (Lipinski definition) is 4. The number of aliphatic hydroxyl groups excluding tert-OH is 1. The molecule has 0 aliphatic heterocycles. The lowest BCUT2D eigenvalue weighted by Crippen LogP contribution is -2.47. The molecule has 0 aromatic rings. The van der Waals surface area contributed by atoms with E-state index in [1.807, 2.05) is 0 Å². The maximum absolute atomic E-state index is 11.2. The van der Waals surface area contributed by atoms with E-state index in [9.17, 15) is 9.59 Å². The SMILES string of the molecule is C[C@H](OC(=O)[C@@H](N)[C@@H](C)O)[C@H](N)C(=O)O. The van der Waals surface area contributed by atoms with Crippen LogP contribution in [-0.4, -0.2) is 46.4 Å². The van der Waals surface area contributed by atoms with Crippen molar-refractivity contribution in [3.63, 3.8) is 0 Å². The summed E-state index contributed by atoms with van der Waals surface area (Å²) in [5.74, 6) is -2.16. The predicted octanol–water partition coefficient (Wildman–Crippen LogP) is -1.96. The van der Waals surface area contributed by atoms with Crippen molar-refractivity contribution in [3.8, 4) is 0 Å². The van der Waals surface area contributed by atoms with Crippen LogP contribution in [0.15, 0.2) is 0 Å². The van der Waals surface area contributed by atoms with E-state index in [1.165, 1.54) is 13.8 Å². The minimum atomic E-state index is -1.31. The Balaban J connectivity index is 4.24. The Hall–Kier alpha value is -1.18. The van der Waals surface area contributed by atoms with E-state index in [-0.39, 0.29) is 0 Å². The summed E-state index contributed by atoms with van der Waals surface area (Å²) in [6, 6.07) is -2.51. The molecule has 0 unspecified atom stereocenters. The number of ether oxygens (including phenoxy) is 1. The van der Waals surface area contributed by atoms with Crippen LogP contribution in [0.3, 0.4) is 0 Å². The molecule has 0 saturated carbocycles. The van der Waals surface area contributed by atoms with Crippen LogP contribution >= 0.6 is 0 Å². The summed E-state index contributed by atoms with van der Waals surface area (Å²) in [5, 5.41) is 17.5. The molecule has 0 rings (SSSR count). The Morgan fingerprint density at radius 1 is 1.20 bits per heavy atom. The van der Waals surface area contributed by atoms with Crippen LogP contribution in [0, 0.1) is 0 Å². The second-order valence-corrected chi connectivity index (χ2v) is 3.27. The number of nitrogens with two attached hydrogens (primary N) is 2. The lowest BCUT2D eigenvalue weighted by molar-refractivity contribution is -0.156. The normalized spacial score (nSPS) is 18.7. The number of carboxylic acid groups (broad SMARTS) is 1. The highest BCUT2D eigenvalue weighted by atomic mass is 16.5. The molecule has 0 amide bonds. The highest BCUT2D eigenvalue weighted by molar-refractivity contribution is 5.78. The molecule has 88 valence electrons. The molecule has 7 heteroatoms. The van der Waals surface area contributed by atoms with Crippen LogP contribution in [0.4, 0.5) is 0 Å². The first kappa shape index (κ1) is 13.8. The maximum atomic E-state index is 11.2. The summed E-state index contributed by atoms with van der Waals surface area (Å²) >= 11 is 0. The van der Waals surface area contributed by atoms with Crippen molar-refractivity contribution in [1.82, 2.24) is 0 Å². The Bertz CT molecular complexity index is 243. The molecule has 0 aliphatic rings. The molecule has 0 aromatic carbocycles. The highest BCUT2D eigenvalue weighted by Gasteiger charge is 2.27. The van der Waals surface area contributed by atoms with Gasteiger partial charge in [-0.1, -0.05) is 0 Å². The van der Waals surface area contributed by atoms with E-state index < -0.39 is 36.2 Å². The van der Waals surface area contributed by atoms with Gasteiger partial charge in [0.15, 0.2) is 0 Å². The van der Waals surface area contributed by atoms with Crippen molar-refractivity contribution in [2.45, 2.75) is 38.1 Å². The van der Waals surface area contributed by atoms with Gasteiger partial charge in [0.25, 0.3) is 0 Å². The molecular weight excluding hydrogens is 204 g/mol. The third-order valence-corrected chi connectivity index (χ3v) is 1.88. The molecule has 7 nitrogen and oxygen atoms in total. The van der Waals surface area contributed by atoms with E-state index >= 15 is 0 Å². The molecule has 0 aromatic heterocycles. The van der Waals surface area contributed by atoms with Gasteiger partial charge in [0.05, 0.1) is 6.10 Å². The predicted molar refractivity (Wildman–Crippen MR) is 50.8 cm³/mol. The summed E-state index contributed by atoms with van der Waals surface area (Å²) in [6.07, 6.45) is -2.06. The first-order chi connectivity index (χ1) is 6.77. The first-order valence-corrected chi connectivity index (χ1v) is 4.40. The Morgan fingerprint density at radius 3 is 2.00 bits per heavy atom. The van der Waals surface area contributed by atoms with Gasteiger partial charge in [-0.3, -0.25) is 9.59 Å². The summed E-state index contributed by atoms with van der Waals surface area (Å²) in [4.78, 5) is 21.6. The van der Waals surface area contributed by atoms with Gasteiger partial charge in [0, 0.05) is 0 Å².